The van der Waals surface area contributed by atoms with Crippen LogP contribution in [0.25, 0.3) is 0 Å². The van der Waals surface area contributed by atoms with Crippen molar-refractivity contribution in [3.05, 3.63) is 72.1 Å². The van der Waals surface area contributed by atoms with E-state index in [2.05, 4.69) is 32.8 Å². The highest BCUT2D eigenvalue weighted by atomic mass is 16.6. The van der Waals surface area contributed by atoms with E-state index in [1.54, 1.807) is 62.3 Å². The molecule has 2 aromatic carbocycles. The molecule has 234 valence electrons. The molecule has 0 fully saturated rings. The molecule has 0 saturated carbocycles. The maximum Gasteiger partial charge on any atom is 0.437 e. The predicted octanol–water partition coefficient (Wildman–Crippen LogP) is 7.11. The number of carbonyl (C=O) groups excluding carboxylic acids is 3. The second-order valence-electron chi connectivity index (χ2n) is 12.8. The van der Waals surface area contributed by atoms with Crippen molar-refractivity contribution >= 4 is 35.6 Å². The van der Waals surface area contributed by atoms with Gasteiger partial charge in [0.2, 0.25) is 5.96 Å². The Hall–Kier alpha value is -4.54. The lowest BCUT2D eigenvalue weighted by atomic mass is 10.0. The molecule has 4 N–H and O–H groups in total. The Morgan fingerprint density at radius 3 is 1.44 bits per heavy atom. The van der Waals surface area contributed by atoms with Gasteiger partial charge in [0.15, 0.2) is 0 Å². The summed E-state index contributed by atoms with van der Waals surface area (Å²) in [6.45, 7) is 19.6. The lowest BCUT2D eigenvalue weighted by Crippen LogP contribution is -2.40. The average Bonchev–Trinajstić information content (AvgIpc) is 2.80. The number of anilines is 2. The highest BCUT2D eigenvalue weighted by molar-refractivity contribution is 6.06. The van der Waals surface area contributed by atoms with E-state index in [9.17, 15) is 14.4 Å². The lowest BCUT2D eigenvalue weighted by Gasteiger charge is -2.21. The van der Waals surface area contributed by atoms with E-state index in [4.69, 9.17) is 14.2 Å². The zero-order valence-corrected chi connectivity index (χ0v) is 26.6. The minimum atomic E-state index is -0.854. The van der Waals surface area contributed by atoms with E-state index in [1.165, 1.54) is 0 Å². The standard InChI is InChI=1S/C32H45N5O6/c1-21(34-27(38)41-30(2,3)4)33-24-17-13-22(14-18-24)11-12-23-15-19-25(20-16-23)35-26(36-28(39)42-31(5,6)7)37-29(40)43-32(8,9)10/h13-20,33H,1,11-12H2,2-10H3,(H,34,38)(H2,35,36,37,39,40). The van der Waals surface area contributed by atoms with Gasteiger partial charge >= 0.3 is 18.3 Å². The van der Waals surface area contributed by atoms with Gasteiger partial charge < -0.3 is 24.8 Å². The Morgan fingerprint density at radius 1 is 0.628 bits per heavy atom. The molecule has 2 aromatic rings. The number of nitrogens with one attached hydrogen (secondary N) is 4. The van der Waals surface area contributed by atoms with Crippen molar-refractivity contribution < 1.29 is 28.6 Å². The molecule has 3 amide bonds. The lowest BCUT2D eigenvalue weighted by molar-refractivity contribution is 0.0538. The summed E-state index contributed by atoms with van der Waals surface area (Å²) in [5.41, 5.74) is 1.54. The van der Waals surface area contributed by atoms with Crippen LogP contribution in [0.2, 0.25) is 0 Å². The number of rotatable bonds is 7. The zero-order chi connectivity index (χ0) is 32.4. The van der Waals surface area contributed by atoms with Crippen LogP contribution in [-0.4, -0.2) is 41.0 Å². The van der Waals surface area contributed by atoms with Crippen LogP contribution in [0.5, 0.6) is 0 Å². The Bertz CT molecular complexity index is 1300. The molecule has 0 aliphatic rings. The topological polar surface area (TPSA) is 139 Å². The van der Waals surface area contributed by atoms with Crippen LogP contribution in [0.15, 0.2) is 65.9 Å². The number of aryl methyl sites for hydroxylation is 2. The molecule has 11 nitrogen and oxygen atoms in total. The number of guanidine groups is 1. The van der Waals surface area contributed by atoms with E-state index in [0.29, 0.717) is 11.5 Å². The fourth-order valence-corrected chi connectivity index (χ4v) is 3.43. The molecule has 0 unspecified atom stereocenters. The number of hydrogen-bond acceptors (Lipinski definition) is 7. The minimum Gasteiger partial charge on any atom is -0.444 e. The Kier molecular flexibility index (Phi) is 11.7. The maximum atomic E-state index is 12.3. The van der Waals surface area contributed by atoms with Gasteiger partial charge in [-0.15, -0.1) is 4.99 Å². The third-order valence-electron chi connectivity index (χ3n) is 5.04. The number of amides is 3. The zero-order valence-electron chi connectivity index (χ0n) is 26.6. The molecule has 0 aliphatic heterocycles. The average molecular weight is 596 g/mol. The summed E-state index contributed by atoms with van der Waals surface area (Å²) in [6, 6.07) is 15.4. The first-order valence-electron chi connectivity index (χ1n) is 14.0. The summed E-state index contributed by atoms with van der Waals surface area (Å²) >= 11 is 0. The van der Waals surface area contributed by atoms with Crippen LogP contribution < -0.4 is 21.3 Å². The molecule has 0 saturated heterocycles. The Balaban J connectivity index is 1.97. The van der Waals surface area contributed by atoms with Crippen molar-refractivity contribution in [3.63, 3.8) is 0 Å². The number of carbonyl (C=O) groups is 3. The molecule has 2 rings (SSSR count). The van der Waals surface area contributed by atoms with Gasteiger partial charge in [0.05, 0.1) is 0 Å². The minimum absolute atomic E-state index is 0.117. The van der Waals surface area contributed by atoms with Crippen LogP contribution in [0.4, 0.5) is 25.8 Å². The third kappa shape index (κ3) is 15.3. The van der Waals surface area contributed by atoms with Crippen LogP contribution in [0.1, 0.15) is 73.4 Å². The number of ether oxygens (including phenoxy) is 3. The molecule has 0 atom stereocenters. The van der Waals surface area contributed by atoms with Crippen molar-refractivity contribution in [1.82, 2.24) is 10.6 Å². The van der Waals surface area contributed by atoms with Crippen molar-refractivity contribution in [2.24, 2.45) is 4.99 Å². The van der Waals surface area contributed by atoms with Gasteiger partial charge in [-0.05, 0) is 111 Å². The molecule has 43 heavy (non-hydrogen) atoms. The van der Waals surface area contributed by atoms with Crippen LogP contribution in [0, 0.1) is 0 Å². The quantitative estimate of drug-likeness (QED) is 0.151. The highest BCUT2D eigenvalue weighted by Gasteiger charge is 2.21. The smallest absolute Gasteiger partial charge is 0.437 e. The Labute approximate surface area is 254 Å². The number of nitrogens with zero attached hydrogens (tertiary/aromatic N) is 1. The van der Waals surface area contributed by atoms with Crippen LogP contribution >= 0.6 is 0 Å². The van der Waals surface area contributed by atoms with E-state index < -0.39 is 35.1 Å². The van der Waals surface area contributed by atoms with Crippen LogP contribution in [-0.2, 0) is 27.1 Å². The molecule has 0 aliphatic carbocycles. The normalized spacial score (nSPS) is 12.1. The van der Waals surface area contributed by atoms with E-state index in [1.807, 2.05) is 48.5 Å². The summed E-state index contributed by atoms with van der Waals surface area (Å²) in [4.78, 5) is 40.4. The van der Waals surface area contributed by atoms with Gasteiger partial charge in [0.25, 0.3) is 0 Å². The summed E-state index contributed by atoms with van der Waals surface area (Å²) in [5.74, 6) is 0.199. The fraction of sp³-hybridized carbons (Fsp3) is 0.438. The third-order valence-corrected chi connectivity index (χ3v) is 5.04. The summed E-state index contributed by atoms with van der Waals surface area (Å²) in [6.07, 6.45) is -0.602. The van der Waals surface area contributed by atoms with Gasteiger partial charge in [0.1, 0.15) is 22.6 Å². The first-order valence-corrected chi connectivity index (χ1v) is 14.0. The van der Waals surface area contributed by atoms with E-state index in [0.717, 1.165) is 29.7 Å². The van der Waals surface area contributed by atoms with Gasteiger partial charge in [-0.2, -0.15) is 0 Å². The SMILES string of the molecule is C=C(NC(=O)OC(C)(C)C)Nc1ccc(CCc2ccc(N/C(=N/C(=O)OC(C)(C)C)NC(=O)OC(C)(C)C)cc2)cc1. The molecule has 11 heteroatoms. The van der Waals surface area contributed by atoms with Crippen molar-refractivity contribution in [2.75, 3.05) is 10.6 Å². The summed E-state index contributed by atoms with van der Waals surface area (Å²) in [7, 11) is 0. The molecule has 0 aromatic heterocycles. The number of hydrogen-bond donors (Lipinski definition) is 4. The number of benzene rings is 2. The largest absolute Gasteiger partial charge is 0.444 e. The summed E-state index contributed by atoms with van der Waals surface area (Å²) < 4.78 is 15.8. The highest BCUT2D eigenvalue weighted by Crippen LogP contribution is 2.16. The van der Waals surface area contributed by atoms with Crippen molar-refractivity contribution in [2.45, 2.75) is 92.0 Å². The van der Waals surface area contributed by atoms with Gasteiger partial charge in [-0.1, -0.05) is 30.8 Å². The molecule has 0 bridgehead atoms. The van der Waals surface area contributed by atoms with E-state index >= 15 is 0 Å². The second kappa shape index (κ2) is 14.6. The van der Waals surface area contributed by atoms with Crippen LogP contribution in [0.3, 0.4) is 0 Å². The predicted molar refractivity (Wildman–Crippen MR) is 169 cm³/mol. The van der Waals surface area contributed by atoms with Gasteiger partial charge in [-0.3, -0.25) is 10.6 Å². The first-order chi connectivity index (χ1) is 19.8. The first kappa shape index (κ1) is 34.7. The van der Waals surface area contributed by atoms with Crippen molar-refractivity contribution in [3.8, 4) is 0 Å². The second-order valence-corrected chi connectivity index (χ2v) is 12.8. The Morgan fingerprint density at radius 2 is 1.02 bits per heavy atom. The maximum absolute atomic E-state index is 12.3. The van der Waals surface area contributed by atoms with Crippen molar-refractivity contribution in [1.29, 1.82) is 0 Å². The molecular weight excluding hydrogens is 550 g/mol. The fourth-order valence-electron chi connectivity index (χ4n) is 3.43. The molecular formula is C32H45N5O6. The number of alkyl carbamates (subject to hydrolysis) is 2. The monoisotopic (exact) mass is 595 g/mol. The number of aliphatic imine (C=N–C) groups is 1. The van der Waals surface area contributed by atoms with Gasteiger partial charge in [-0.25, -0.2) is 14.4 Å². The van der Waals surface area contributed by atoms with Gasteiger partial charge in [0, 0.05) is 11.4 Å². The molecule has 0 heterocycles. The van der Waals surface area contributed by atoms with E-state index in [-0.39, 0.29) is 5.96 Å². The molecule has 0 radical (unpaired) electrons. The molecule has 0 spiro atoms. The summed E-state index contributed by atoms with van der Waals surface area (Å²) in [5, 5.41) is 11.0.